The van der Waals surface area contributed by atoms with Crippen molar-refractivity contribution in [2.24, 2.45) is 5.92 Å². The minimum Gasteiger partial charge on any atom is -0.455 e. The molecule has 6 nitrogen and oxygen atoms in total. The number of methoxy groups -OCH3 is 1. The van der Waals surface area contributed by atoms with E-state index in [2.05, 4.69) is 58.8 Å². The third kappa shape index (κ3) is 10.8. The van der Waals surface area contributed by atoms with E-state index in [-0.39, 0.29) is 5.04 Å². The zero-order chi connectivity index (χ0) is 29.9. The smallest absolute Gasteiger partial charge is 0.340 e. The van der Waals surface area contributed by atoms with Crippen LogP contribution in [0.3, 0.4) is 0 Å². The number of aryl methyl sites for hydroxylation is 1. The number of carbonyl (C=O) groups excluding carboxylic acids is 1. The second-order valence-electron chi connectivity index (χ2n) is 12.5. The molecular formula is C33H51NO5Si. The number of carbonyl (C=O) groups is 1. The van der Waals surface area contributed by atoms with E-state index in [1.165, 1.54) is 12.7 Å². The standard InChI is InChI=1S/C33H51NO5Si/c1-24(15-14-16-25(2)22-38-40(9,10)33(5,6)7)19-20-30(26(3)21-29-23-37-27(4)34-29)39-32(35)31(36-8)28-17-12-11-13-18-28/h11-13,17-19,21,23,25,30-31H,14-16,20,22H2,1-10H3/b24-19-,26-21+/t25-,30-,31+/m0/s1. The number of hydrogen-bond acceptors (Lipinski definition) is 6. The van der Waals surface area contributed by atoms with Gasteiger partial charge in [-0.25, -0.2) is 9.78 Å². The minimum atomic E-state index is -1.72. The van der Waals surface area contributed by atoms with Gasteiger partial charge in [0.1, 0.15) is 18.1 Å². The second kappa shape index (κ2) is 15.5. The summed E-state index contributed by atoms with van der Waals surface area (Å²) >= 11 is 0. The van der Waals surface area contributed by atoms with Crippen LogP contribution in [0.2, 0.25) is 18.1 Å². The van der Waals surface area contributed by atoms with Crippen LogP contribution in [0.4, 0.5) is 0 Å². The maximum absolute atomic E-state index is 13.2. The van der Waals surface area contributed by atoms with Gasteiger partial charge in [-0.1, -0.05) is 69.7 Å². The molecule has 1 heterocycles. The van der Waals surface area contributed by atoms with Crippen molar-refractivity contribution in [2.75, 3.05) is 13.7 Å². The number of ether oxygens (including phenoxy) is 2. The van der Waals surface area contributed by atoms with Crippen LogP contribution in [-0.4, -0.2) is 39.1 Å². The van der Waals surface area contributed by atoms with Gasteiger partial charge in [0.15, 0.2) is 20.3 Å². The zero-order valence-corrected chi connectivity index (χ0v) is 27.4. The molecule has 0 aliphatic carbocycles. The molecule has 0 radical (unpaired) electrons. The lowest BCUT2D eigenvalue weighted by Gasteiger charge is -2.37. The normalized spacial score (nSPS) is 15.6. The van der Waals surface area contributed by atoms with E-state index in [1.54, 1.807) is 13.2 Å². The van der Waals surface area contributed by atoms with Crippen LogP contribution >= 0.6 is 0 Å². The predicted octanol–water partition coefficient (Wildman–Crippen LogP) is 8.85. The summed E-state index contributed by atoms with van der Waals surface area (Å²) in [6.07, 6.45) is 8.26. The predicted molar refractivity (Wildman–Crippen MR) is 166 cm³/mol. The molecule has 0 unspecified atom stereocenters. The summed E-state index contributed by atoms with van der Waals surface area (Å²) in [7, 11) is -0.191. The first kappa shape index (κ1) is 33.7. The van der Waals surface area contributed by atoms with Crippen LogP contribution in [0.25, 0.3) is 6.08 Å². The number of hydrogen-bond donors (Lipinski definition) is 0. The van der Waals surface area contributed by atoms with E-state index >= 15 is 0 Å². The van der Waals surface area contributed by atoms with E-state index < -0.39 is 26.5 Å². The minimum absolute atomic E-state index is 0.232. The highest BCUT2D eigenvalue weighted by atomic mass is 28.4. The molecule has 0 N–H and O–H groups in total. The van der Waals surface area contributed by atoms with Crippen molar-refractivity contribution in [3.8, 4) is 0 Å². The van der Waals surface area contributed by atoms with Gasteiger partial charge in [-0.15, -0.1) is 0 Å². The molecule has 0 amide bonds. The Morgan fingerprint density at radius 3 is 2.40 bits per heavy atom. The van der Waals surface area contributed by atoms with E-state index in [1.807, 2.05) is 43.3 Å². The van der Waals surface area contributed by atoms with E-state index in [4.69, 9.17) is 18.3 Å². The molecule has 0 spiro atoms. The highest BCUT2D eigenvalue weighted by Gasteiger charge is 2.37. The number of esters is 1. The molecule has 1 aromatic carbocycles. The van der Waals surface area contributed by atoms with E-state index in [0.717, 1.165) is 37.0 Å². The van der Waals surface area contributed by atoms with E-state index in [9.17, 15) is 4.79 Å². The topological polar surface area (TPSA) is 70.8 Å². The average molecular weight is 570 g/mol. The fourth-order valence-corrected chi connectivity index (χ4v) is 5.22. The summed E-state index contributed by atoms with van der Waals surface area (Å²) < 4.78 is 23.3. The molecule has 0 saturated carbocycles. The lowest BCUT2D eigenvalue weighted by Crippen LogP contribution is -2.41. The van der Waals surface area contributed by atoms with Crippen LogP contribution < -0.4 is 0 Å². The van der Waals surface area contributed by atoms with Crippen molar-refractivity contribution in [2.45, 2.75) is 104 Å². The number of nitrogens with zero attached hydrogens (tertiary/aromatic N) is 1. The molecule has 222 valence electrons. The van der Waals surface area contributed by atoms with Crippen molar-refractivity contribution < 1.29 is 23.1 Å². The summed E-state index contributed by atoms with van der Waals surface area (Å²) in [5, 5.41) is 0.232. The largest absolute Gasteiger partial charge is 0.455 e. The van der Waals surface area contributed by atoms with Crippen molar-refractivity contribution in [3.63, 3.8) is 0 Å². The molecular weight excluding hydrogens is 518 g/mol. The average Bonchev–Trinajstić information content (AvgIpc) is 3.29. The van der Waals surface area contributed by atoms with Gasteiger partial charge in [-0.2, -0.15) is 0 Å². The molecule has 0 saturated heterocycles. The van der Waals surface area contributed by atoms with Gasteiger partial charge in [0, 0.05) is 27.1 Å². The van der Waals surface area contributed by atoms with Crippen LogP contribution in [0.5, 0.6) is 0 Å². The zero-order valence-electron chi connectivity index (χ0n) is 26.4. The molecule has 2 rings (SSSR count). The molecule has 0 bridgehead atoms. The Hall–Kier alpha value is -2.48. The number of allylic oxidation sites excluding steroid dienone is 1. The molecule has 2 aromatic rings. The monoisotopic (exact) mass is 569 g/mol. The van der Waals surface area contributed by atoms with Gasteiger partial charge in [0.2, 0.25) is 0 Å². The van der Waals surface area contributed by atoms with Gasteiger partial charge in [0.05, 0.1) is 0 Å². The second-order valence-corrected chi connectivity index (χ2v) is 17.3. The first-order valence-electron chi connectivity index (χ1n) is 14.4. The highest BCUT2D eigenvalue weighted by molar-refractivity contribution is 6.74. The van der Waals surface area contributed by atoms with Gasteiger partial charge < -0.3 is 18.3 Å². The number of rotatable bonds is 15. The fourth-order valence-electron chi connectivity index (χ4n) is 4.09. The maximum Gasteiger partial charge on any atom is 0.340 e. The third-order valence-corrected chi connectivity index (χ3v) is 12.3. The summed E-state index contributed by atoms with van der Waals surface area (Å²) in [4.78, 5) is 17.6. The lowest BCUT2D eigenvalue weighted by atomic mass is 10.00. The summed E-state index contributed by atoms with van der Waals surface area (Å²) in [5.41, 5.74) is 3.65. The Morgan fingerprint density at radius 2 is 1.82 bits per heavy atom. The molecule has 0 aliphatic rings. The van der Waals surface area contributed by atoms with Crippen molar-refractivity contribution in [3.05, 3.63) is 71.0 Å². The fraction of sp³-hybridized carbons (Fsp3) is 0.576. The van der Waals surface area contributed by atoms with Gasteiger partial charge in [0.25, 0.3) is 0 Å². The molecule has 0 fully saturated rings. The molecule has 40 heavy (non-hydrogen) atoms. The van der Waals surface area contributed by atoms with Crippen LogP contribution in [0.15, 0.2) is 58.2 Å². The number of oxazole rings is 1. The number of benzene rings is 1. The third-order valence-electron chi connectivity index (χ3n) is 7.81. The quantitative estimate of drug-likeness (QED) is 0.121. The first-order valence-corrected chi connectivity index (χ1v) is 17.3. The van der Waals surface area contributed by atoms with Crippen molar-refractivity contribution in [1.82, 2.24) is 4.98 Å². The molecule has 3 atom stereocenters. The molecule has 7 heteroatoms. The van der Waals surface area contributed by atoms with E-state index in [0.29, 0.717) is 23.9 Å². The van der Waals surface area contributed by atoms with Gasteiger partial charge in [-0.3, -0.25) is 0 Å². The van der Waals surface area contributed by atoms with Gasteiger partial charge in [-0.05, 0) is 74.4 Å². The molecule has 0 aliphatic heterocycles. The Kier molecular flexibility index (Phi) is 13.1. The Labute approximate surface area is 243 Å². The molecule has 1 aromatic heterocycles. The maximum atomic E-state index is 13.2. The lowest BCUT2D eigenvalue weighted by molar-refractivity contribution is -0.159. The SMILES string of the molecule is CO[C@@H](C(=O)O[C@@H](C/C=C(/C)CCC[C@H](C)CO[Si](C)(C)C(C)(C)C)/C(C)=C/c1coc(C)n1)c1ccccc1. The summed E-state index contributed by atoms with van der Waals surface area (Å²) in [6.45, 7) is 20.5. The van der Waals surface area contributed by atoms with Crippen molar-refractivity contribution in [1.29, 1.82) is 0 Å². The van der Waals surface area contributed by atoms with Gasteiger partial charge >= 0.3 is 5.97 Å². The number of aromatic nitrogens is 1. The summed E-state index contributed by atoms with van der Waals surface area (Å²) in [5.74, 6) is 0.705. The Bertz CT molecular complexity index is 1110. The highest BCUT2D eigenvalue weighted by Crippen LogP contribution is 2.37. The van der Waals surface area contributed by atoms with Crippen molar-refractivity contribution >= 4 is 20.4 Å². The van der Waals surface area contributed by atoms with Crippen LogP contribution in [0.1, 0.15) is 90.5 Å². The first-order chi connectivity index (χ1) is 18.7. The van der Waals surface area contributed by atoms with Crippen LogP contribution in [0, 0.1) is 12.8 Å². The Morgan fingerprint density at radius 1 is 1.15 bits per heavy atom. The Balaban J connectivity index is 2.03. The summed E-state index contributed by atoms with van der Waals surface area (Å²) in [6, 6.07) is 9.42. The van der Waals surface area contributed by atoms with Crippen LogP contribution in [-0.2, 0) is 18.7 Å².